The van der Waals surface area contributed by atoms with Gasteiger partial charge in [0.1, 0.15) is 4.99 Å². The van der Waals surface area contributed by atoms with E-state index in [9.17, 15) is 14.4 Å². The number of imidazole rings is 1. The highest BCUT2D eigenvalue weighted by molar-refractivity contribution is 8.04. The lowest BCUT2D eigenvalue weighted by atomic mass is 10.2. The number of benzene rings is 2. The van der Waals surface area contributed by atoms with E-state index in [0.717, 1.165) is 27.7 Å². The van der Waals surface area contributed by atoms with Gasteiger partial charge in [-0.25, -0.2) is 4.98 Å². The largest absolute Gasteiger partial charge is 0.343 e. The predicted octanol–water partition coefficient (Wildman–Crippen LogP) is 4.91. The normalized spacial score (nSPS) is 13.3. The molecule has 0 aliphatic heterocycles. The van der Waals surface area contributed by atoms with Gasteiger partial charge < -0.3 is 14.8 Å². The summed E-state index contributed by atoms with van der Waals surface area (Å²) in [6.07, 6.45) is 1.84. The second-order valence-electron chi connectivity index (χ2n) is 4.97. The number of aromatic nitrogens is 2. The number of nitrogens with zero attached hydrogens (tertiary/aromatic N) is 1. The van der Waals surface area contributed by atoms with E-state index in [1.807, 2.05) is 30.5 Å². The van der Waals surface area contributed by atoms with Crippen LogP contribution in [-0.2, 0) is 4.57 Å². The van der Waals surface area contributed by atoms with E-state index in [0.29, 0.717) is 15.7 Å². The lowest BCUT2D eigenvalue weighted by Crippen LogP contribution is -2.00. The van der Waals surface area contributed by atoms with Crippen LogP contribution in [0.2, 0.25) is 5.02 Å². The van der Waals surface area contributed by atoms with Gasteiger partial charge in [-0.1, -0.05) is 41.6 Å². The highest BCUT2D eigenvalue weighted by Gasteiger charge is 2.35. The van der Waals surface area contributed by atoms with Gasteiger partial charge >= 0.3 is 7.60 Å². The summed E-state index contributed by atoms with van der Waals surface area (Å²) in [5, 5.41) is 0.773. The average Bonchev–Trinajstić information content (AvgIpc) is 2.94. The number of rotatable bonds is 5. The molecule has 3 aromatic rings. The first-order valence-corrected chi connectivity index (χ1v) is 11.1. The minimum Gasteiger partial charge on any atom is -0.333 e. The predicted molar refractivity (Wildman–Crippen MR) is 100.0 cm³/mol. The van der Waals surface area contributed by atoms with Crippen LogP contribution in [-0.4, -0.2) is 26.0 Å². The van der Waals surface area contributed by atoms with Gasteiger partial charge in [-0.05, 0) is 30.5 Å². The van der Waals surface area contributed by atoms with Gasteiger partial charge in [-0.15, -0.1) is 11.8 Å². The highest BCUT2D eigenvalue weighted by Crippen LogP contribution is 2.62. The van der Waals surface area contributed by atoms with Crippen molar-refractivity contribution >= 4 is 53.8 Å². The lowest BCUT2D eigenvalue weighted by Gasteiger charge is -2.20. The first kappa shape index (κ1) is 17.9. The molecule has 126 valence electrons. The highest BCUT2D eigenvalue weighted by atomic mass is 35.5. The van der Waals surface area contributed by atoms with E-state index >= 15 is 0 Å². The van der Waals surface area contributed by atoms with Crippen LogP contribution < -0.4 is 0 Å². The number of hydrogen-bond acceptors (Lipinski definition) is 4. The zero-order valence-electron chi connectivity index (χ0n) is 12.5. The maximum absolute atomic E-state index is 12.1. The van der Waals surface area contributed by atoms with Crippen molar-refractivity contribution in [2.24, 2.45) is 0 Å². The Hall–Kier alpha value is -0.950. The number of para-hydroxylation sites is 2. The monoisotopic (exact) mass is 400 g/mol. The van der Waals surface area contributed by atoms with E-state index in [4.69, 9.17) is 11.6 Å². The maximum atomic E-state index is 12.1. The molecule has 0 radical (unpaired) electrons. The van der Waals surface area contributed by atoms with Crippen molar-refractivity contribution in [3.63, 3.8) is 0 Å². The number of aromatic amines is 1. The summed E-state index contributed by atoms with van der Waals surface area (Å²) < 4.78 is 12.1. The summed E-state index contributed by atoms with van der Waals surface area (Å²) >= 11 is 8.64. The van der Waals surface area contributed by atoms with Crippen molar-refractivity contribution in [3.8, 4) is 0 Å². The fraction of sp³-hybridized carbons (Fsp3) is 0.133. The minimum atomic E-state index is -4.47. The molecule has 1 atom stereocenters. The quantitative estimate of drug-likeness (QED) is 0.417. The zero-order valence-corrected chi connectivity index (χ0v) is 15.8. The molecule has 0 spiro atoms. The molecule has 1 aromatic heterocycles. The molecule has 1 unspecified atom stereocenters. The van der Waals surface area contributed by atoms with Crippen LogP contribution in [0.1, 0.15) is 10.6 Å². The Morgan fingerprint density at radius 1 is 1.21 bits per heavy atom. The molecule has 0 fully saturated rings. The van der Waals surface area contributed by atoms with Gasteiger partial charge in [-0.3, -0.25) is 4.57 Å². The van der Waals surface area contributed by atoms with Gasteiger partial charge in [-0.2, -0.15) is 0 Å². The first-order chi connectivity index (χ1) is 11.4. The van der Waals surface area contributed by atoms with Crippen molar-refractivity contribution in [1.82, 2.24) is 9.97 Å². The fourth-order valence-corrected chi connectivity index (χ4v) is 5.99. The molecule has 1 heterocycles. The molecule has 3 N–H and O–H groups in total. The van der Waals surface area contributed by atoms with Crippen molar-refractivity contribution in [3.05, 3.63) is 53.1 Å². The van der Waals surface area contributed by atoms with E-state index in [2.05, 4.69) is 9.97 Å². The van der Waals surface area contributed by atoms with Crippen molar-refractivity contribution in [2.45, 2.75) is 15.0 Å². The molecule has 0 saturated heterocycles. The Morgan fingerprint density at radius 2 is 1.96 bits per heavy atom. The van der Waals surface area contributed by atoms with Crippen molar-refractivity contribution in [2.75, 3.05) is 6.26 Å². The van der Waals surface area contributed by atoms with E-state index in [1.165, 1.54) is 11.8 Å². The van der Waals surface area contributed by atoms with E-state index in [1.54, 1.807) is 18.2 Å². The molecule has 2 aromatic carbocycles. The van der Waals surface area contributed by atoms with Gasteiger partial charge in [0.2, 0.25) is 0 Å². The van der Waals surface area contributed by atoms with Crippen LogP contribution in [0.5, 0.6) is 0 Å². The van der Waals surface area contributed by atoms with Crippen molar-refractivity contribution < 1.29 is 14.4 Å². The third kappa shape index (κ3) is 3.67. The van der Waals surface area contributed by atoms with Crippen LogP contribution in [0, 0.1) is 0 Å². The number of hydrogen-bond donors (Lipinski definition) is 3. The van der Waals surface area contributed by atoms with Crippen LogP contribution in [0.15, 0.2) is 52.5 Å². The molecular formula is C15H14ClN2O3PS2. The summed E-state index contributed by atoms with van der Waals surface area (Å²) in [6, 6.07) is 12.6. The number of nitrogens with one attached hydrogen (secondary N) is 1. The number of halogens is 1. The Balaban J connectivity index is 2.07. The second kappa shape index (κ2) is 7.12. The van der Waals surface area contributed by atoms with Gasteiger partial charge in [0, 0.05) is 15.5 Å². The first-order valence-electron chi connectivity index (χ1n) is 6.89. The summed E-state index contributed by atoms with van der Waals surface area (Å²) in [7, 11) is -4.47. The molecule has 0 aliphatic carbocycles. The van der Waals surface area contributed by atoms with Crippen LogP contribution in [0.4, 0.5) is 0 Å². The van der Waals surface area contributed by atoms with Gasteiger partial charge in [0.15, 0.2) is 5.16 Å². The third-order valence-electron chi connectivity index (χ3n) is 3.38. The molecule has 9 heteroatoms. The standard InChI is InChI=1S/C15H14ClN2O3PS2/c1-23-12-8-4-5-9(16)13(12)14(22(19,20)21)24-15-17-10-6-2-3-7-11(10)18-15/h2-8,14H,1H3,(H,17,18)(H2,19,20,21). The minimum absolute atomic E-state index is 0.332. The Labute approximate surface area is 152 Å². The topological polar surface area (TPSA) is 86.2 Å². The summed E-state index contributed by atoms with van der Waals surface area (Å²) in [5.74, 6) is 0. The lowest BCUT2D eigenvalue weighted by molar-refractivity contribution is 0.370. The SMILES string of the molecule is CSc1cccc(Cl)c1C(Sc1nc2ccccc2[nH]1)P(=O)(O)O. The van der Waals surface area contributed by atoms with Gasteiger partial charge in [0.25, 0.3) is 0 Å². The third-order valence-corrected chi connectivity index (χ3v) is 7.39. The number of thioether (sulfide) groups is 2. The average molecular weight is 401 g/mol. The zero-order chi connectivity index (χ0) is 17.3. The Morgan fingerprint density at radius 3 is 2.62 bits per heavy atom. The smallest absolute Gasteiger partial charge is 0.333 e. The molecule has 0 saturated carbocycles. The number of fused-ring (bicyclic) bond motifs is 1. The Kier molecular flexibility index (Phi) is 5.30. The Bertz CT molecular complexity index is 895. The summed E-state index contributed by atoms with van der Waals surface area (Å²) in [6.45, 7) is 0. The van der Waals surface area contributed by atoms with Crippen LogP contribution >= 0.6 is 42.7 Å². The molecule has 0 aliphatic rings. The van der Waals surface area contributed by atoms with E-state index < -0.39 is 12.6 Å². The summed E-state index contributed by atoms with van der Waals surface area (Å²) in [4.78, 5) is 26.9. The molecule has 0 amide bonds. The molecule has 3 rings (SSSR count). The molecular weight excluding hydrogens is 387 g/mol. The van der Waals surface area contributed by atoms with Crippen LogP contribution in [0.3, 0.4) is 0 Å². The molecule has 5 nitrogen and oxygen atoms in total. The molecule has 0 bridgehead atoms. The van der Waals surface area contributed by atoms with E-state index in [-0.39, 0.29) is 0 Å². The van der Waals surface area contributed by atoms with Gasteiger partial charge in [0.05, 0.1) is 11.0 Å². The molecule has 24 heavy (non-hydrogen) atoms. The number of H-pyrrole nitrogens is 1. The fourth-order valence-electron chi connectivity index (χ4n) is 2.32. The summed E-state index contributed by atoms with van der Waals surface area (Å²) in [5.41, 5.74) is 1.99. The van der Waals surface area contributed by atoms with Crippen molar-refractivity contribution in [1.29, 1.82) is 0 Å². The maximum Gasteiger partial charge on any atom is 0.343 e. The second-order valence-corrected chi connectivity index (χ2v) is 9.37. The van der Waals surface area contributed by atoms with Crippen LogP contribution in [0.25, 0.3) is 11.0 Å².